The van der Waals surface area contributed by atoms with Gasteiger partial charge in [0.2, 0.25) is 5.91 Å². The maximum absolute atomic E-state index is 11.2. The lowest BCUT2D eigenvalue weighted by atomic mass is 10.1. The van der Waals surface area contributed by atoms with Gasteiger partial charge in [-0.05, 0) is 5.56 Å². The lowest BCUT2D eigenvalue weighted by molar-refractivity contribution is -0.120. The average Bonchev–Trinajstić information content (AvgIpc) is 2.15. The van der Waals surface area contributed by atoms with E-state index < -0.39 is 15.0 Å². The summed E-state index contributed by atoms with van der Waals surface area (Å²) < 4.78 is 0. The molecule has 0 saturated carbocycles. The Kier molecular flexibility index (Phi) is 3.98. The van der Waals surface area contributed by atoms with E-state index in [1.807, 2.05) is 18.2 Å². The third-order valence-electron chi connectivity index (χ3n) is 1.73. The van der Waals surface area contributed by atoms with E-state index in [-0.39, 0.29) is 12.3 Å². The molecule has 1 aromatic rings. The largest absolute Gasteiger partial charge is 0.513 e. The zero-order valence-corrected chi connectivity index (χ0v) is 9.05. The molecule has 0 spiro atoms. The molecule has 6 heteroatoms. The highest BCUT2D eigenvalue weighted by Crippen LogP contribution is 1.99. The maximum Gasteiger partial charge on any atom is 0.513 e. The summed E-state index contributed by atoms with van der Waals surface area (Å²) in [6, 6.07) is 9.05. The summed E-state index contributed by atoms with van der Waals surface area (Å²) in [4.78, 5) is 37.2. The quantitative estimate of drug-likeness (QED) is 0.486. The van der Waals surface area contributed by atoms with Crippen LogP contribution in [-0.2, 0) is 11.2 Å². The van der Waals surface area contributed by atoms with Crippen LogP contribution in [0.4, 0.5) is 0 Å². The lowest BCUT2D eigenvalue weighted by Gasteiger charge is -2.10. The van der Waals surface area contributed by atoms with Gasteiger partial charge in [0, 0.05) is 0 Å². The molecule has 0 aliphatic rings. The van der Waals surface area contributed by atoms with Gasteiger partial charge in [-0.2, -0.15) is 0 Å². The second-order valence-electron chi connectivity index (χ2n) is 3.21. The minimum Gasteiger partial charge on any atom is -0.389 e. The van der Waals surface area contributed by atoms with Crippen molar-refractivity contribution in [2.24, 2.45) is 0 Å². The predicted molar refractivity (Wildman–Crippen MR) is 55.6 cm³/mol. The Labute approximate surface area is 88.4 Å². The molecule has 0 saturated heterocycles. The highest BCUT2D eigenvalue weighted by Gasteiger charge is 2.27. The van der Waals surface area contributed by atoms with Crippen LogP contribution in [-0.4, -0.2) is 35.3 Å². The van der Waals surface area contributed by atoms with Gasteiger partial charge in [-0.15, -0.1) is 0 Å². The smallest absolute Gasteiger partial charge is 0.389 e. The predicted octanol–water partition coefficient (Wildman–Crippen LogP) is -1.20. The van der Waals surface area contributed by atoms with E-state index >= 15 is 0 Å². The number of rotatable bonds is 4. The molecule has 82 valence electrons. The Morgan fingerprint density at radius 2 is 1.80 bits per heavy atom. The topological polar surface area (TPSA) is 89.8 Å². The van der Waals surface area contributed by atoms with Gasteiger partial charge < -0.3 is 19.7 Å². The fourth-order valence-electron chi connectivity index (χ4n) is 1.06. The molecule has 0 radical (unpaired) electrons. The maximum atomic E-state index is 11.2. The van der Waals surface area contributed by atoms with Crippen molar-refractivity contribution in [3.05, 3.63) is 35.9 Å². The Morgan fingerprint density at radius 3 is 2.33 bits per heavy atom. The molecule has 4 N–H and O–H groups in total. The normalized spacial score (nSPS) is 11.1. The first-order chi connectivity index (χ1) is 6.97. The van der Waals surface area contributed by atoms with Crippen molar-refractivity contribution < 1.29 is 19.2 Å². The molecular formula is C9H13NO4Si. The Morgan fingerprint density at radius 1 is 1.20 bits per heavy atom. The first kappa shape index (κ1) is 11.9. The molecule has 0 heterocycles. The molecular weight excluding hydrogens is 214 g/mol. The second-order valence-corrected chi connectivity index (χ2v) is 5.12. The Bertz CT molecular complexity index is 323. The molecule has 0 aromatic heterocycles. The van der Waals surface area contributed by atoms with Crippen LogP contribution in [0.5, 0.6) is 0 Å². The van der Waals surface area contributed by atoms with Crippen molar-refractivity contribution >= 4 is 14.7 Å². The fourth-order valence-corrected chi connectivity index (χ4v) is 1.50. The zero-order chi connectivity index (χ0) is 11.3. The van der Waals surface area contributed by atoms with Gasteiger partial charge in [-0.1, -0.05) is 30.3 Å². The number of nitrogens with one attached hydrogen (secondary N) is 1. The van der Waals surface area contributed by atoms with Crippen LogP contribution in [0.2, 0.25) is 0 Å². The van der Waals surface area contributed by atoms with Crippen LogP contribution in [0, 0.1) is 0 Å². The van der Waals surface area contributed by atoms with E-state index in [1.54, 1.807) is 12.1 Å². The molecule has 0 fully saturated rings. The zero-order valence-electron chi connectivity index (χ0n) is 8.05. The van der Waals surface area contributed by atoms with Gasteiger partial charge in [0.25, 0.3) is 0 Å². The molecule has 0 bridgehead atoms. The van der Waals surface area contributed by atoms with Gasteiger partial charge in [0.05, 0.1) is 12.6 Å². The Balaban J connectivity index is 2.38. The number of hydrogen-bond acceptors (Lipinski definition) is 4. The summed E-state index contributed by atoms with van der Waals surface area (Å²) in [7, 11) is -4.17. The average molecular weight is 227 g/mol. The summed E-state index contributed by atoms with van der Waals surface area (Å²) in [6.45, 7) is 0. The van der Waals surface area contributed by atoms with E-state index in [2.05, 4.69) is 5.32 Å². The third kappa shape index (κ3) is 5.28. The molecule has 1 aromatic carbocycles. The molecule has 0 unspecified atom stereocenters. The number of hydrogen-bond donors (Lipinski definition) is 4. The molecule has 0 atom stereocenters. The summed E-state index contributed by atoms with van der Waals surface area (Å²) in [5.41, 5.74) is 0.830. The highest BCUT2D eigenvalue weighted by molar-refractivity contribution is 6.56. The minimum atomic E-state index is -4.17. The van der Waals surface area contributed by atoms with E-state index in [0.717, 1.165) is 5.56 Å². The summed E-state index contributed by atoms with van der Waals surface area (Å²) in [5.74, 6) is -0.352. The SMILES string of the molecule is O=C(Cc1ccccc1)NC[Si](O)(O)O. The van der Waals surface area contributed by atoms with Crippen LogP contribution < -0.4 is 5.32 Å². The van der Waals surface area contributed by atoms with E-state index in [4.69, 9.17) is 14.4 Å². The van der Waals surface area contributed by atoms with Crippen molar-refractivity contribution in [3.8, 4) is 0 Å². The molecule has 0 aliphatic carbocycles. The Hall–Kier alpha value is -1.21. The standard InChI is InChI=1S/C9H13NO4Si/c11-9(10-7-15(12,13)14)6-8-4-2-1-3-5-8/h1-5,12-14H,6-7H2,(H,10,11). The summed E-state index contributed by atoms with van der Waals surface area (Å²) in [6.07, 6.45) is -0.315. The first-order valence-electron chi connectivity index (χ1n) is 4.45. The van der Waals surface area contributed by atoms with Crippen molar-refractivity contribution in [2.45, 2.75) is 6.42 Å². The van der Waals surface area contributed by atoms with Gasteiger partial charge in [0.15, 0.2) is 0 Å². The van der Waals surface area contributed by atoms with Crippen LogP contribution >= 0.6 is 0 Å². The van der Waals surface area contributed by atoms with Gasteiger partial charge in [-0.3, -0.25) is 4.79 Å². The molecule has 15 heavy (non-hydrogen) atoms. The number of amides is 1. The van der Waals surface area contributed by atoms with Crippen LogP contribution in [0.1, 0.15) is 5.56 Å². The van der Waals surface area contributed by atoms with Crippen LogP contribution in [0.3, 0.4) is 0 Å². The number of benzene rings is 1. The van der Waals surface area contributed by atoms with Gasteiger partial charge in [0.1, 0.15) is 0 Å². The van der Waals surface area contributed by atoms with E-state index in [1.165, 1.54) is 0 Å². The van der Waals surface area contributed by atoms with Crippen LogP contribution in [0.15, 0.2) is 30.3 Å². The van der Waals surface area contributed by atoms with Crippen LogP contribution in [0.25, 0.3) is 0 Å². The van der Waals surface area contributed by atoms with Gasteiger partial charge >= 0.3 is 8.80 Å². The van der Waals surface area contributed by atoms with E-state index in [9.17, 15) is 4.79 Å². The summed E-state index contributed by atoms with van der Waals surface area (Å²) in [5, 5.41) is 2.24. The van der Waals surface area contributed by atoms with Crippen molar-refractivity contribution in [1.29, 1.82) is 0 Å². The minimum absolute atomic E-state index is 0.158. The second kappa shape index (κ2) is 5.03. The number of carbonyl (C=O) groups is 1. The van der Waals surface area contributed by atoms with Gasteiger partial charge in [-0.25, -0.2) is 0 Å². The third-order valence-corrected chi connectivity index (χ3v) is 2.38. The lowest BCUT2D eigenvalue weighted by Crippen LogP contribution is -2.48. The molecule has 5 nitrogen and oxygen atoms in total. The van der Waals surface area contributed by atoms with Crippen molar-refractivity contribution in [2.75, 3.05) is 6.17 Å². The van der Waals surface area contributed by atoms with E-state index in [0.29, 0.717) is 0 Å². The highest BCUT2D eigenvalue weighted by atomic mass is 28.4. The monoisotopic (exact) mass is 227 g/mol. The first-order valence-corrected chi connectivity index (χ1v) is 6.50. The van der Waals surface area contributed by atoms with Crippen molar-refractivity contribution in [1.82, 2.24) is 5.32 Å². The summed E-state index contributed by atoms with van der Waals surface area (Å²) >= 11 is 0. The molecule has 1 rings (SSSR count). The number of carbonyl (C=O) groups excluding carboxylic acids is 1. The fraction of sp³-hybridized carbons (Fsp3) is 0.222. The van der Waals surface area contributed by atoms with Crippen molar-refractivity contribution in [3.63, 3.8) is 0 Å². The molecule has 1 amide bonds. The molecule has 0 aliphatic heterocycles.